The summed E-state index contributed by atoms with van der Waals surface area (Å²) in [6.07, 6.45) is 6.88. The van der Waals surface area contributed by atoms with Gasteiger partial charge in [0.15, 0.2) is 0 Å². The van der Waals surface area contributed by atoms with Gasteiger partial charge in [-0.05, 0) is 24.5 Å². The van der Waals surface area contributed by atoms with E-state index in [2.05, 4.69) is 11.9 Å². The predicted octanol–water partition coefficient (Wildman–Crippen LogP) is 2.60. The van der Waals surface area contributed by atoms with Crippen LogP contribution >= 0.6 is 0 Å². The molecule has 0 saturated carbocycles. The number of nitro groups is 1. The first kappa shape index (κ1) is 10.6. The summed E-state index contributed by atoms with van der Waals surface area (Å²) in [5.41, 5.74) is 0.617. The highest BCUT2D eigenvalue weighted by molar-refractivity contribution is 5.39. The molecule has 1 aromatic rings. The van der Waals surface area contributed by atoms with Crippen molar-refractivity contribution in [2.24, 2.45) is 5.92 Å². The zero-order valence-corrected chi connectivity index (χ0v) is 8.87. The van der Waals surface area contributed by atoms with Crippen LogP contribution in [0.25, 0.3) is 0 Å². The summed E-state index contributed by atoms with van der Waals surface area (Å²) in [7, 11) is 0. The van der Waals surface area contributed by atoms with Gasteiger partial charge in [-0.3, -0.25) is 15.1 Å². The van der Waals surface area contributed by atoms with E-state index in [1.807, 2.05) is 6.08 Å². The Labute approximate surface area is 92.9 Å². The Kier molecular flexibility index (Phi) is 2.85. The van der Waals surface area contributed by atoms with E-state index in [0.29, 0.717) is 11.5 Å². The molecule has 1 aliphatic rings. The summed E-state index contributed by atoms with van der Waals surface area (Å²) in [6.45, 7) is 2.05. The number of pyridine rings is 1. The summed E-state index contributed by atoms with van der Waals surface area (Å²) in [4.78, 5) is 14.2. The van der Waals surface area contributed by atoms with E-state index in [1.54, 1.807) is 18.5 Å². The maximum absolute atomic E-state index is 10.8. The van der Waals surface area contributed by atoms with Gasteiger partial charge in [-0.2, -0.15) is 0 Å². The molecular formula is C11H12N2O3. The first-order valence-electron chi connectivity index (χ1n) is 5.09. The number of nitrogens with zero attached hydrogens (tertiary/aromatic N) is 2. The fourth-order valence-electron chi connectivity index (χ4n) is 1.77. The molecule has 0 bridgehead atoms. The lowest BCUT2D eigenvalue weighted by molar-refractivity contribution is -0.386. The van der Waals surface area contributed by atoms with Crippen molar-refractivity contribution < 1.29 is 9.66 Å². The third-order valence-corrected chi connectivity index (χ3v) is 2.61. The van der Waals surface area contributed by atoms with E-state index in [1.165, 1.54) is 6.20 Å². The van der Waals surface area contributed by atoms with Gasteiger partial charge < -0.3 is 4.74 Å². The topological polar surface area (TPSA) is 65.3 Å². The number of allylic oxidation sites excluding steroid dienone is 1. The molecule has 5 nitrogen and oxygen atoms in total. The summed E-state index contributed by atoms with van der Waals surface area (Å²) < 4.78 is 5.41. The van der Waals surface area contributed by atoms with Gasteiger partial charge in [0.1, 0.15) is 12.3 Å². The summed E-state index contributed by atoms with van der Waals surface area (Å²) in [5.74, 6) is 0.367. The SMILES string of the molecule is C[C@H]1C=CO[C@@H](c2ccncc2[N+](=O)[O-])C1. The monoisotopic (exact) mass is 220 g/mol. The molecule has 0 N–H and O–H groups in total. The third kappa shape index (κ3) is 2.03. The molecule has 0 amide bonds. The summed E-state index contributed by atoms with van der Waals surface area (Å²) >= 11 is 0. The molecule has 1 aromatic heterocycles. The van der Waals surface area contributed by atoms with Crippen LogP contribution in [-0.4, -0.2) is 9.91 Å². The van der Waals surface area contributed by atoms with Crippen molar-refractivity contribution in [2.75, 3.05) is 0 Å². The zero-order chi connectivity index (χ0) is 11.5. The van der Waals surface area contributed by atoms with Gasteiger partial charge in [0, 0.05) is 6.20 Å². The molecule has 0 aromatic carbocycles. The minimum absolute atomic E-state index is 0.0231. The van der Waals surface area contributed by atoms with E-state index in [-0.39, 0.29) is 11.8 Å². The van der Waals surface area contributed by atoms with Gasteiger partial charge >= 0.3 is 0 Å². The second kappa shape index (κ2) is 4.30. The maximum Gasteiger partial charge on any atom is 0.294 e. The molecule has 16 heavy (non-hydrogen) atoms. The van der Waals surface area contributed by atoms with Crippen molar-refractivity contribution in [3.63, 3.8) is 0 Å². The van der Waals surface area contributed by atoms with Gasteiger partial charge in [-0.1, -0.05) is 6.92 Å². The Hall–Kier alpha value is -1.91. The number of rotatable bonds is 2. The van der Waals surface area contributed by atoms with Crippen LogP contribution < -0.4 is 0 Å². The minimum atomic E-state index is -0.422. The fourth-order valence-corrected chi connectivity index (χ4v) is 1.77. The van der Waals surface area contributed by atoms with Crippen LogP contribution in [-0.2, 0) is 4.74 Å². The molecule has 2 atom stereocenters. The third-order valence-electron chi connectivity index (χ3n) is 2.61. The van der Waals surface area contributed by atoms with Crippen molar-refractivity contribution in [3.8, 4) is 0 Å². The molecule has 84 valence electrons. The Morgan fingerprint density at radius 1 is 1.62 bits per heavy atom. The Morgan fingerprint density at radius 3 is 3.12 bits per heavy atom. The Balaban J connectivity index is 2.33. The van der Waals surface area contributed by atoms with Gasteiger partial charge in [0.25, 0.3) is 5.69 Å². The molecule has 0 spiro atoms. The Morgan fingerprint density at radius 2 is 2.44 bits per heavy atom. The Bertz CT molecular complexity index is 431. The first-order valence-corrected chi connectivity index (χ1v) is 5.09. The molecule has 2 heterocycles. The highest BCUT2D eigenvalue weighted by Crippen LogP contribution is 2.34. The molecule has 0 fully saturated rings. The molecule has 0 saturated heterocycles. The van der Waals surface area contributed by atoms with Gasteiger partial charge in [0.05, 0.1) is 16.7 Å². The van der Waals surface area contributed by atoms with Crippen LogP contribution in [0, 0.1) is 16.0 Å². The molecule has 2 rings (SSSR count). The normalized spacial score (nSPS) is 23.8. The summed E-state index contributed by atoms with van der Waals surface area (Å²) in [6, 6.07) is 1.65. The van der Waals surface area contributed by atoms with E-state index < -0.39 is 4.92 Å². The van der Waals surface area contributed by atoms with Gasteiger partial charge in [-0.25, -0.2) is 0 Å². The van der Waals surface area contributed by atoms with E-state index in [4.69, 9.17) is 4.74 Å². The molecule has 0 radical (unpaired) electrons. The molecule has 0 unspecified atom stereocenters. The van der Waals surface area contributed by atoms with E-state index in [9.17, 15) is 10.1 Å². The average Bonchev–Trinajstić information content (AvgIpc) is 2.29. The van der Waals surface area contributed by atoms with Crippen molar-refractivity contribution >= 4 is 5.69 Å². The van der Waals surface area contributed by atoms with Gasteiger partial charge in [0.2, 0.25) is 0 Å². The van der Waals surface area contributed by atoms with Crippen molar-refractivity contribution in [2.45, 2.75) is 19.4 Å². The highest BCUT2D eigenvalue weighted by atomic mass is 16.6. The van der Waals surface area contributed by atoms with Crippen LogP contribution in [0.4, 0.5) is 5.69 Å². The van der Waals surface area contributed by atoms with Crippen LogP contribution in [0.3, 0.4) is 0 Å². The van der Waals surface area contributed by atoms with Gasteiger partial charge in [-0.15, -0.1) is 0 Å². The number of aromatic nitrogens is 1. The largest absolute Gasteiger partial charge is 0.493 e. The smallest absolute Gasteiger partial charge is 0.294 e. The van der Waals surface area contributed by atoms with Crippen molar-refractivity contribution in [1.29, 1.82) is 0 Å². The first-order chi connectivity index (χ1) is 7.68. The minimum Gasteiger partial charge on any atom is -0.493 e. The molecule has 5 heteroatoms. The maximum atomic E-state index is 10.8. The fraction of sp³-hybridized carbons (Fsp3) is 0.364. The molecule has 0 aliphatic carbocycles. The van der Waals surface area contributed by atoms with E-state index >= 15 is 0 Å². The lowest BCUT2D eigenvalue weighted by atomic mass is 9.96. The number of hydrogen-bond acceptors (Lipinski definition) is 4. The van der Waals surface area contributed by atoms with Crippen molar-refractivity contribution in [1.82, 2.24) is 4.98 Å². The summed E-state index contributed by atoms with van der Waals surface area (Å²) in [5, 5.41) is 10.8. The molecule has 1 aliphatic heterocycles. The average molecular weight is 220 g/mol. The second-order valence-corrected chi connectivity index (χ2v) is 3.86. The quantitative estimate of drug-likeness (QED) is 0.567. The number of hydrogen-bond donors (Lipinski definition) is 0. The van der Waals surface area contributed by atoms with Crippen LogP contribution in [0.2, 0.25) is 0 Å². The lowest BCUT2D eigenvalue weighted by Crippen LogP contribution is -2.11. The van der Waals surface area contributed by atoms with Crippen LogP contribution in [0.15, 0.2) is 30.8 Å². The zero-order valence-electron chi connectivity index (χ0n) is 8.87. The standard InChI is InChI=1S/C11H12N2O3/c1-8-3-5-16-11(6-8)9-2-4-12-7-10(9)13(14)15/h2-5,7-8,11H,6H2,1H3/t8-,11+/m0/s1. The van der Waals surface area contributed by atoms with E-state index in [0.717, 1.165) is 6.42 Å². The highest BCUT2D eigenvalue weighted by Gasteiger charge is 2.25. The van der Waals surface area contributed by atoms with Crippen LogP contribution in [0.1, 0.15) is 25.0 Å². The lowest BCUT2D eigenvalue weighted by Gasteiger charge is -2.23. The predicted molar refractivity (Wildman–Crippen MR) is 57.6 cm³/mol. The second-order valence-electron chi connectivity index (χ2n) is 3.86. The van der Waals surface area contributed by atoms with Crippen molar-refractivity contribution in [3.05, 3.63) is 46.5 Å². The number of ether oxygens (including phenoxy) is 1. The van der Waals surface area contributed by atoms with Crippen LogP contribution in [0.5, 0.6) is 0 Å². The molecular weight excluding hydrogens is 208 g/mol.